The van der Waals surface area contributed by atoms with E-state index >= 15 is 0 Å². The summed E-state index contributed by atoms with van der Waals surface area (Å²) in [4.78, 5) is 2.38. The van der Waals surface area contributed by atoms with Gasteiger partial charge in [-0.2, -0.15) is 0 Å². The van der Waals surface area contributed by atoms with Gasteiger partial charge in [-0.3, -0.25) is 0 Å². The molecule has 4 rings (SSSR count). The first-order valence-corrected chi connectivity index (χ1v) is 15.0. The third kappa shape index (κ3) is 8.33. The number of methoxy groups -OCH3 is 1. The van der Waals surface area contributed by atoms with Crippen molar-refractivity contribution in [1.29, 1.82) is 0 Å². The van der Waals surface area contributed by atoms with Gasteiger partial charge in [0.05, 0.1) is 7.11 Å². The molecule has 1 N–H and O–H groups in total. The molecule has 210 valence electrons. The first-order valence-electron chi connectivity index (χ1n) is 15.0. The summed E-state index contributed by atoms with van der Waals surface area (Å²) >= 11 is 0. The van der Waals surface area contributed by atoms with Crippen molar-refractivity contribution < 1.29 is 14.6 Å². The van der Waals surface area contributed by atoms with Crippen LogP contribution in [0.1, 0.15) is 86.5 Å². The molecule has 1 aliphatic rings. The minimum Gasteiger partial charge on any atom is -0.497 e. The molecule has 3 aromatic rings. The van der Waals surface area contributed by atoms with E-state index in [1.165, 1.54) is 54.4 Å². The number of hydrogen-bond donors (Lipinski definition) is 1. The van der Waals surface area contributed by atoms with E-state index in [1.54, 1.807) is 7.11 Å². The number of aliphatic hydroxyl groups excluding tert-OH is 1. The summed E-state index contributed by atoms with van der Waals surface area (Å²) in [5.74, 6) is 2.67. The van der Waals surface area contributed by atoms with Gasteiger partial charge < -0.3 is 19.5 Å². The predicted molar refractivity (Wildman–Crippen MR) is 161 cm³/mol. The second-order valence-electron chi connectivity index (χ2n) is 11.0. The summed E-state index contributed by atoms with van der Waals surface area (Å²) in [6.45, 7) is 7.53. The maximum absolute atomic E-state index is 10.6. The fraction of sp³-hybridized carbons (Fsp3) is 0.486. The summed E-state index contributed by atoms with van der Waals surface area (Å²) in [5.41, 5.74) is 5.62. The van der Waals surface area contributed by atoms with Gasteiger partial charge in [0.1, 0.15) is 24.2 Å². The highest BCUT2D eigenvalue weighted by molar-refractivity contribution is 5.44. The smallest absolute Gasteiger partial charge is 0.119 e. The molecule has 4 heteroatoms. The molecule has 3 atom stereocenters. The average molecular weight is 530 g/mol. The SMILES string of the molecule is CCCCN(CCCC)CC(O)COc1ccc(C2CCC(Cc3ccc(OC)cc3)c3ccccc32)cc1. The maximum atomic E-state index is 10.6. The monoisotopic (exact) mass is 529 g/mol. The van der Waals surface area contributed by atoms with Crippen LogP contribution in [0.25, 0.3) is 0 Å². The number of benzene rings is 3. The standard InChI is InChI=1S/C35H47NO3/c1-4-6-22-36(23-7-5-2)25-30(37)26-39-32-19-14-28(15-20-32)34-21-16-29(33-10-8-9-11-35(33)34)24-27-12-17-31(38-3)18-13-27/h8-15,17-20,29-30,34,37H,4-7,16,21-26H2,1-3H3. The molecule has 0 radical (unpaired) electrons. The lowest BCUT2D eigenvalue weighted by Gasteiger charge is -2.32. The molecule has 3 aromatic carbocycles. The van der Waals surface area contributed by atoms with Gasteiger partial charge in [-0.1, -0.05) is 75.2 Å². The Bertz CT molecular complexity index is 1100. The van der Waals surface area contributed by atoms with Gasteiger partial charge in [0, 0.05) is 12.5 Å². The molecule has 0 saturated carbocycles. The van der Waals surface area contributed by atoms with E-state index in [2.05, 4.69) is 91.5 Å². The van der Waals surface area contributed by atoms with Crippen molar-refractivity contribution in [3.8, 4) is 11.5 Å². The molecule has 0 amide bonds. The number of fused-ring (bicyclic) bond motifs is 1. The second kappa shape index (κ2) is 15.1. The highest BCUT2D eigenvalue weighted by Gasteiger charge is 2.28. The number of hydrogen-bond acceptors (Lipinski definition) is 4. The van der Waals surface area contributed by atoms with E-state index in [0.29, 0.717) is 25.0 Å². The first-order chi connectivity index (χ1) is 19.1. The minimum absolute atomic E-state index is 0.327. The third-order valence-corrected chi connectivity index (χ3v) is 8.11. The van der Waals surface area contributed by atoms with Gasteiger partial charge in [-0.05, 0) is 97.6 Å². The fourth-order valence-corrected chi connectivity index (χ4v) is 5.88. The van der Waals surface area contributed by atoms with E-state index in [0.717, 1.165) is 37.4 Å². The van der Waals surface area contributed by atoms with Crippen molar-refractivity contribution in [2.75, 3.05) is 33.4 Å². The van der Waals surface area contributed by atoms with Crippen molar-refractivity contribution in [3.05, 3.63) is 95.1 Å². The van der Waals surface area contributed by atoms with Gasteiger partial charge in [0.2, 0.25) is 0 Å². The van der Waals surface area contributed by atoms with Gasteiger partial charge in [0.15, 0.2) is 0 Å². The zero-order valence-corrected chi connectivity index (χ0v) is 24.1. The molecule has 0 aromatic heterocycles. The third-order valence-electron chi connectivity index (χ3n) is 8.11. The topological polar surface area (TPSA) is 41.9 Å². The normalized spacial score (nSPS) is 17.6. The van der Waals surface area contributed by atoms with Crippen molar-refractivity contribution in [1.82, 2.24) is 4.90 Å². The van der Waals surface area contributed by atoms with Crippen LogP contribution in [0.4, 0.5) is 0 Å². The number of rotatable bonds is 15. The lowest BCUT2D eigenvalue weighted by molar-refractivity contribution is 0.0671. The Labute approximate surface area is 236 Å². The molecule has 0 spiro atoms. The van der Waals surface area contributed by atoms with Crippen molar-refractivity contribution in [2.45, 2.75) is 76.7 Å². The molecule has 0 saturated heterocycles. The maximum Gasteiger partial charge on any atom is 0.119 e. The Balaban J connectivity index is 1.35. The Hall–Kier alpha value is -2.82. The van der Waals surface area contributed by atoms with Crippen LogP contribution >= 0.6 is 0 Å². The summed E-state index contributed by atoms with van der Waals surface area (Å²) in [6.07, 6.45) is 7.58. The highest BCUT2D eigenvalue weighted by Crippen LogP contribution is 2.43. The average Bonchev–Trinajstić information content (AvgIpc) is 2.98. The van der Waals surface area contributed by atoms with E-state index < -0.39 is 6.10 Å². The zero-order valence-electron chi connectivity index (χ0n) is 24.1. The molecule has 0 bridgehead atoms. The molecule has 3 unspecified atom stereocenters. The Kier molecular flexibility index (Phi) is 11.3. The molecular weight excluding hydrogens is 482 g/mol. The van der Waals surface area contributed by atoms with Gasteiger partial charge in [-0.25, -0.2) is 0 Å². The van der Waals surface area contributed by atoms with Crippen LogP contribution in [0.2, 0.25) is 0 Å². The predicted octanol–water partition coefficient (Wildman–Crippen LogP) is 7.59. The van der Waals surface area contributed by atoms with E-state index in [9.17, 15) is 5.11 Å². The molecule has 0 fully saturated rings. The van der Waals surface area contributed by atoms with Gasteiger partial charge >= 0.3 is 0 Å². The lowest BCUT2D eigenvalue weighted by Crippen LogP contribution is -2.36. The largest absolute Gasteiger partial charge is 0.497 e. The Morgan fingerprint density at radius 2 is 1.46 bits per heavy atom. The van der Waals surface area contributed by atoms with Crippen LogP contribution in [-0.4, -0.2) is 49.5 Å². The van der Waals surface area contributed by atoms with Crippen LogP contribution in [0.3, 0.4) is 0 Å². The summed E-state index contributed by atoms with van der Waals surface area (Å²) in [6, 6.07) is 26.0. The van der Waals surface area contributed by atoms with Gasteiger partial charge in [0.25, 0.3) is 0 Å². The molecule has 39 heavy (non-hydrogen) atoms. The Morgan fingerprint density at radius 1 is 0.821 bits per heavy atom. The molecule has 0 heterocycles. The van der Waals surface area contributed by atoms with E-state index in [-0.39, 0.29) is 0 Å². The molecular formula is C35H47NO3. The second-order valence-corrected chi connectivity index (χ2v) is 11.0. The van der Waals surface area contributed by atoms with Crippen molar-refractivity contribution >= 4 is 0 Å². The number of ether oxygens (including phenoxy) is 2. The summed E-state index contributed by atoms with van der Waals surface area (Å²) in [5, 5.41) is 10.6. The molecule has 4 nitrogen and oxygen atoms in total. The quantitative estimate of drug-likeness (QED) is 0.220. The van der Waals surface area contributed by atoms with Crippen molar-refractivity contribution in [2.24, 2.45) is 0 Å². The van der Waals surface area contributed by atoms with Crippen LogP contribution in [0, 0.1) is 0 Å². The van der Waals surface area contributed by atoms with Gasteiger partial charge in [-0.15, -0.1) is 0 Å². The zero-order chi connectivity index (χ0) is 27.5. The summed E-state index contributed by atoms with van der Waals surface area (Å²) < 4.78 is 11.3. The summed E-state index contributed by atoms with van der Waals surface area (Å²) in [7, 11) is 1.71. The van der Waals surface area contributed by atoms with Crippen LogP contribution in [0.5, 0.6) is 11.5 Å². The molecule has 0 aliphatic heterocycles. The number of unbranched alkanes of at least 4 members (excludes halogenated alkanes) is 2. The highest BCUT2D eigenvalue weighted by atomic mass is 16.5. The lowest BCUT2D eigenvalue weighted by atomic mass is 9.72. The van der Waals surface area contributed by atoms with Crippen molar-refractivity contribution in [3.63, 3.8) is 0 Å². The number of aliphatic hydroxyl groups is 1. The van der Waals surface area contributed by atoms with E-state index in [1.807, 2.05) is 0 Å². The minimum atomic E-state index is -0.480. The number of nitrogens with zero attached hydrogens (tertiary/aromatic N) is 1. The van der Waals surface area contributed by atoms with E-state index in [4.69, 9.17) is 9.47 Å². The van der Waals surface area contributed by atoms with Crippen LogP contribution in [-0.2, 0) is 6.42 Å². The Morgan fingerprint density at radius 3 is 2.10 bits per heavy atom. The van der Waals surface area contributed by atoms with Crippen LogP contribution < -0.4 is 9.47 Å². The fourth-order valence-electron chi connectivity index (χ4n) is 5.88. The molecule has 1 aliphatic carbocycles. The first kappa shape index (κ1) is 29.2. The van der Waals surface area contributed by atoms with Crippen LogP contribution in [0.15, 0.2) is 72.8 Å².